The Hall–Kier alpha value is -0.930. The van der Waals surface area contributed by atoms with Gasteiger partial charge >= 0.3 is 0 Å². The second kappa shape index (κ2) is 4.98. The SMILES string of the molecule is CC1CNC(C2CC2)CN1Cc1ccc(F)cc1. The van der Waals surface area contributed by atoms with Crippen molar-refractivity contribution in [3.8, 4) is 0 Å². The predicted octanol–water partition coefficient (Wildman–Crippen LogP) is 2.40. The van der Waals surface area contributed by atoms with Gasteiger partial charge in [0.15, 0.2) is 0 Å². The zero-order valence-electron chi connectivity index (χ0n) is 10.9. The number of nitrogens with zero attached hydrogens (tertiary/aromatic N) is 1. The first kappa shape index (κ1) is 12.1. The third-order valence-electron chi connectivity index (χ3n) is 4.22. The van der Waals surface area contributed by atoms with E-state index in [0.29, 0.717) is 12.1 Å². The molecule has 1 aliphatic heterocycles. The number of benzene rings is 1. The Morgan fingerprint density at radius 1 is 1.28 bits per heavy atom. The van der Waals surface area contributed by atoms with Crippen molar-refractivity contribution < 1.29 is 4.39 Å². The second-order valence-corrected chi connectivity index (χ2v) is 5.76. The van der Waals surface area contributed by atoms with Gasteiger partial charge in [-0.2, -0.15) is 0 Å². The molecule has 98 valence electrons. The van der Waals surface area contributed by atoms with E-state index in [9.17, 15) is 4.39 Å². The van der Waals surface area contributed by atoms with Gasteiger partial charge in [0, 0.05) is 31.7 Å². The lowest BCUT2D eigenvalue weighted by molar-refractivity contribution is 0.125. The van der Waals surface area contributed by atoms with Gasteiger partial charge in [-0.25, -0.2) is 4.39 Å². The summed E-state index contributed by atoms with van der Waals surface area (Å²) >= 11 is 0. The van der Waals surface area contributed by atoms with E-state index >= 15 is 0 Å². The van der Waals surface area contributed by atoms with Gasteiger partial charge in [-0.1, -0.05) is 12.1 Å². The summed E-state index contributed by atoms with van der Waals surface area (Å²) in [5, 5.41) is 3.65. The van der Waals surface area contributed by atoms with Crippen molar-refractivity contribution in [3.05, 3.63) is 35.6 Å². The molecule has 1 aromatic rings. The first-order valence-corrected chi connectivity index (χ1v) is 6.94. The molecule has 3 rings (SSSR count). The third-order valence-corrected chi connectivity index (χ3v) is 4.22. The Morgan fingerprint density at radius 2 is 2.00 bits per heavy atom. The van der Waals surface area contributed by atoms with E-state index in [1.165, 1.54) is 18.4 Å². The van der Waals surface area contributed by atoms with Gasteiger partial charge in [-0.15, -0.1) is 0 Å². The molecule has 2 fully saturated rings. The minimum Gasteiger partial charge on any atom is -0.311 e. The highest BCUT2D eigenvalue weighted by Crippen LogP contribution is 2.34. The fourth-order valence-corrected chi connectivity index (χ4v) is 2.81. The molecule has 0 spiro atoms. The lowest BCUT2D eigenvalue weighted by Gasteiger charge is -2.39. The second-order valence-electron chi connectivity index (χ2n) is 5.76. The number of halogens is 1. The maximum Gasteiger partial charge on any atom is 0.123 e. The molecule has 1 saturated heterocycles. The molecular weight excluding hydrogens is 227 g/mol. The Kier molecular flexibility index (Phi) is 3.35. The molecular formula is C15H21FN2. The summed E-state index contributed by atoms with van der Waals surface area (Å²) in [7, 11) is 0. The predicted molar refractivity (Wildman–Crippen MR) is 70.8 cm³/mol. The molecule has 2 unspecified atom stereocenters. The molecule has 0 radical (unpaired) electrons. The fourth-order valence-electron chi connectivity index (χ4n) is 2.81. The molecule has 1 saturated carbocycles. The van der Waals surface area contributed by atoms with E-state index in [4.69, 9.17) is 0 Å². The summed E-state index contributed by atoms with van der Waals surface area (Å²) in [6.45, 7) is 5.40. The summed E-state index contributed by atoms with van der Waals surface area (Å²) in [5.74, 6) is 0.746. The normalized spacial score (nSPS) is 29.4. The molecule has 0 amide bonds. The summed E-state index contributed by atoms with van der Waals surface area (Å²) < 4.78 is 12.9. The molecule has 0 aromatic heterocycles. The van der Waals surface area contributed by atoms with E-state index < -0.39 is 0 Å². The van der Waals surface area contributed by atoms with Crippen LogP contribution in [0.2, 0.25) is 0 Å². The summed E-state index contributed by atoms with van der Waals surface area (Å²) in [5.41, 5.74) is 1.21. The Labute approximate surface area is 108 Å². The number of piperazine rings is 1. The molecule has 1 aliphatic carbocycles. The number of hydrogen-bond acceptors (Lipinski definition) is 2. The Bertz CT molecular complexity index is 399. The van der Waals surface area contributed by atoms with Crippen LogP contribution in [0.4, 0.5) is 4.39 Å². The van der Waals surface area contributed by atoms with Crippen molar-refractivity contribution in [1.29, 1.82) is 0 Å². The third kappa shape index (κ3) is 2.73. The number of nitrogens with one attached hydrogen (secondary N) is 1. The maximum atomic E-state index is 12.9. The standard InChI is InChI=1S/C15H21FN2/c1-11-8-17-15(13-4-5-13)10-18(11)9-12-2-6-14(16)7-3-12/h2-3,6-7,11,13,15,17H,4-5,8-10H2,1H3. The van der Waals surface area contributed by atoms with Crippen molar-refractivity contribution in [2.24, 2.45) is 5.92 Å². The van der Waals surface area contributed by atoms with E-state index in [1.807, 2.05) is 12.1 Å². The Morgan fingerprint density at radius 3 is 2.67 bits per heavy atom. The van der Waals surface area contributed by atoms with Crippen LogP contribution in [0.15, 0.2) is 24.3 Å². The summed E-state index contributed by atoms with van der Waals surface area (Å²) in [6.07, 6.45) is 2.77. The van der Waals surface area contributed by atoms with Crippen molar-refractivity contribution in [2.75, 3.05) is 13.1 Å². The fraction of sp³-hybridized carbons (Fsp3) is 0.600. The quantitative estimate of drug-likeness (QED) is 0.883. The van der Waals surface area contributed by atoms with Gasteiger partial charge in [0.05, 0.1) is 0 Å². The Balaban J connectivity index is 1.64. The topological polar surface area (TPSA) is 15.3 Å². The van der Waals surface area contributed by atoms with Crippen molar-refractivity contribution in [2.45, 2.75) is 38.4 Å². The van der Waals surface area contributed by atoms with E-state index in [1.54, 1.807) is 12.1 Å². The van der Waals surface area contributed by atoms with Crippen LogP contribution in [-0.4, -0.2) is 30.1 Å². The average Bonchev–Trinajstić information content (AvgIpc) is 3.19. The maximum absolute atomic E-state index is 12.9. The van der Waals surface area contributed by atoms with Crippen molar-refractivity contribution in [3.63, 3.8) is 0 Å². The molecule has 1 heterocycles. The highest BCUT2D eigenvalue weighted by molar-refractivity contribution is 5.16. The average molecular weight is 248 g/mol. The van der Waals surface area contributed by atoms with Crippen LogP contribution in [0.25, 0.3) is 0 Å². The number of rotatable bonds is 3. The van der Waals surface area contributed by atoms with Gasteiger partial charge < -0.3 is 5.32 Å². The largest absolute Gasteiger partial charge is 0.311 e. The first-order chi connectivity index (χ1) is 8.72. The minimum absolute atomic E-state index is 0.150. The van der Waals surface area contributed by atoms with Crippen LogP contribution < -0.4 is 5.32 Å². The van der Waals surface area contributed by atoms with Crippen LogP contribution in [0, 0.1) is 11.7 Å². The van der Waals surface area contributed by atoms with Crippen molar-refractivity contribution >= 4 is 0 Å². The molecule has 0 bridgehead atoms. The van der Waals surface area contributed by atoms with Crippen LogP contribution in [0.5, 0.6) is 0 Å². The summed E-state index contributed by atoms with van der Waals surface area (Å²) in [4.78, 5) is 2.52. The number of hydrogen-bond donors (Lipinski definition) is 1. The van der Waals surface area contributed by atoms with Gasteiger partial charge in [-0.3, -0.25) is 4.90 Å². The molecule has 3 heteroatoms. The van der Waals surface area contributed by atoms with Gasteiger partial charge in [0.2, 0.25) is 0 Å². The smallest absolute Gasteiger partial charge is 0.123 e. The molecule has 1 aromatic carbocycles. The highest BCUT2D eigenvalue weighted by atomic mass is 19.1. The zero-order valence-corrected chi connectivity index (χ0v) is 10.9. The molecule has 18 heavy (non-hydrogen) atoms. The van der Waals surface area contributed by atoms with Crippen LogP contribution in [0.1, 0.15) is 25.3 Å². The van der Waals surface area contributed by atoms with Crippen molar-refractivity contribution in [1.82, 2.24) is 10.2 Å². The molecule has 2 atom stereocenters. The first-order valence-electron chi connectivity index (χ1n) is 6.94. The lowest BCUT2D eigenvalue weighted by atomic mass is 10.1. The lowest BCUT2D eigenvalue weighted by Crippen LogP contribution is -2.55. The van der Waals surface area contributed by atoms with E-state index in [0.717, 1.165) is 25.6 Å². The molecule has 2 nitrogen and oxygen atoms in total. The van der Waals surface area contributed by atoms with Gasteiger partial charge in [0.25, 0.3) is 0 Å². The molecule has 1 N–H and O–H groups in total. The monoisotopic (exact) mass is 248 g/mol. The van der Waals surface area contributed by atoms with Crippen LogP contribution >= 0.6 is 0 Å². The zero-order chi connectivity index (χ0) is 12.5. The van der Waals surface area contributed by atoms with E-state index in [2.05, 4.69) is 17.1 Å². The highest BCUT2D eigenvalue weighted by Gasteiger charge is 2.35. The molecule has 2 aliphatic rings. The summed E-state index contributed by atoms with van der Waals surface area (Å²) in [6, 6.07) is 8.14. The van der Waals surface area contributed by atoms with Gasteiger partial charge in [-0.05, 0) is 43.4 Å². The van der Waals surface area contributed by atoms with Crippen LogP contribution in [0.3, 0.4) is 0 Å². The van der Waals surface area contributed by atoms with Gasteiger partial charge in [0.1, 0.15) is 5.82 Å². The van der Waals surface area contributed by atoms with E-state index in [-0.39, 0.29) is 5.82 Å². The minimum atomic E-state index is -0.150. The van der Waals surface area contributed by atoms with Crippen LogP contribution in [-0.2, 0) is 6.54 Å².